The van der Waals surface area contributed by atoms with Crippen LogP contribution in [0.2, 0.25) is 0 Å². The van der Waals surface area contributed by atoms with Crippen molar-refractivity contribution in [2.45, 2.75) is 32.7 Å². The number of rotatable bonds is 5. The highest BCUT2D eigenvalue weighted by molar-refractivity contribution is 5.86. The van der Waals surface area contributed by atoms with E-state index < -0.39 is 0 Å². The Labute approximate surface area is 113 Å². The van der Waals surface area contributed by atoms with Crippen LogP contribution >= 0.6 is 0 Å². The Bertz CT molecular complexity index is 462. The Morgan fingerprint density at radius 1 is 1.37 bits per heavy atom. The number of aromatic nitrogens is 2. The van der Waals surface area contributed by atoms with Crippen LogP contribution in [0.1, 0.15) is 25.8 Å². The van der Waals surface area contributed by atoms with Crippen LogP contribution in [-0.4, -0.2) is 47.0 Å². The summed E-state index contributed by atoms with van der Waals surface area (Å²) in [5, 5.41) is 6.48. The Morgan fingerprint density at radius 2 is 2.11 bits per heavy atom. The van der Waals surface area contributed by atoms with Gasteiger partial charge in [0.1, 0.15) is 24.0 Å². The summed E-state index contributed by atoms with van der Waals surface area (Å²) < 4.78 is 0. The van der Waals surface area contributed by atoms with Crippen LogP contribution in [0, 0.1) is 0 Å². The number of hydrogen-bond donors (Lipinski definition) is 2. The van der Waals surface area contributed by atoms with Gasteiger partial charge in [0.05, 0.1) is 0 Å². The first kappa shape index (κ1) is 13.6. The number of nitrogens with zero attached hydrogens (tertiary/aromatic N) is 3. The number of anilines is 2. The van der Waals surface area contributed by atoms with Gasteiger partial charge in [-0.15, -0.1) is 0 Å². The minimum atomic E-state index is -0.167. The van der Waals surface area contributed by atoms with Crippen LogP contribution < -0.4 is 10.6 Å². The monoisotopic (exact) mass is 263 g/mol. The second kappa shape index (κ2) is 5.86. The molecule has 2 rings (SSSR count). The van der Waals surface area contributed by atoms with Crippen molar-refractivity contribution in [1.29, 1.82) is 0 Å². The third kappa shape index (κ3) is 2.77. The van der Waals surface area contributed by atoms with E-state index in [1.54, 1.807) is 4.90 Å². The van der Waals surface area contributed by atoms with Gasteiger partial charge in [-0.3, -0.25) is 4.79 Å². The lowest BCUT2D eigenvalue weighted by Crippen LogP contribution is -2.31. The van der Waals surface area contributed by atoms with E-state index in [9.17, 15) is 4.79 Å². The fraction of sp³-hybridized carbons (Fsp3) is 0.615. The van der Waals surface area contributed by atoms with Crippen LogP contribution in [0.3, 0.4) is 0 Å². The highest BCUT2D eigenvalue weighted by Gasteiger charge is 2.29. The summed E-state index contributed by atoms with van der Waals surface area (Å²) in [6.45, 7) is 5.70. The molecule has 0 aromatic carbocycles. The zero-order valence-corrected chi connectivity index (χ0v) is 11.7. The van der Waals surface area contributed by atoms with Crippen molar-refractivity contribution < 1.29 is 4.79 Å². The summed E-state index contributed by atoms with van der Waals surface area (Å²) in [6, 6.07) is -0.167. The van der Waals surface area contributed by atoms with E-state index in [1.807, 2.05) is 14.0 Å². The molecule has 1 amide bonds. The molecule has 1 aliphatic heterocycles. The van der Waals surface area contributed by atoms with E-state index in [1.165, 1.54) is 6.33 Å². The second-order valence-corrected chi connectivity index (χ2v) is 4.68. The molecule has 0 spiro atoms. The molecular formula is C13H21N5O. The van der Waals surface area contributed by atoms with Crippen LogP contribution in [0.5, 0.6) is 0 Å². The fourth-order valence-corrected chi connectivity index (χ4v) is 2.31. The predicted octanol–water partition coefficient (Wildman–Crippen LogP) is 1.11. The molecule has 1 saturated heterocycles. The van der Waals surface area contributed by atoms with Gasteiger partial charge in [-0.1, -0.05) is 6.92 Å². The Morgan fingerprint density at radius 3 is 2.68 bits per heavy atom. The summed E-state index contributed by atoms with van der Waals surface area (Å²) >= 11 is 0. The van der Waals surface area contributed by atoms with Crippen molar-refractivity contribution >= 4 is 17.5 Å². The maximum Gasteiger partial charge on any atom is 0.244 e. The molecule has 0 bridgehead atoms. The first-order valence-corrected chi connectivity index (χ1v) is 6.76. The Balaban J connectivity index is 2.20. The average Bonchev–Trinajstić information content (AvgIpc) is 2.72. The standard InChI is InChI=1S/C13H21N5O/c1-4-9-11(14-5-2)15-8-16-12(9)17-10-6-7-18(3)13(10)19/h8,10H,4-7H2,1-3H3,(H2,14,15,16,17). The van der Waals surface area contributed by atoms with Crippen LogP contribution in [0.15, 0.2) is 6.33 Å². The number of hydrogen-bond acceptors (Lipinski definition) is 5. The van der Waals surface area contributed by atoms with Crippen molar-refractivity contribution in [3.05, 3.63) is 11.9 Å². The van der Waals surface area contributed by atoms with Gasteiger partial charge in [-0.25, -0.2) is 9.97 Å². The zero-order valence-electron chi connectivity index (χ0n) is 11.7. The molecule has 1 atom stereocenters. The molecule has 0 radical (unpaired) electrons. The van der Waals surface area contributed by atoms with Gasteiger partial charge >= 0.3 is 0 Å². The molecule has 6 heteroatoms. The third-order valence-corrected chi connectivity index (χ3v) is 3.38. The molecule has 6 nitrogen and oxygen atoms in total. The lowest BCUT2D eigenvalue weighted by atomic mass is 10.2. The minimum Gasteiger partial charge on any atom is -0.370 e. The highest BCUT2D eigenvalue weighted by Crippen LogP contribution is 2.23. The van der Waals surface area contributed by atoms with E-state index in [2.05, 4.69) is 27.5 Å². The molecule has 0 aliphatic carbocycles. The summed E-state index contributed by atoms with van der Waals surface area (Å²) in [4.78, 5) is 22.2. The van der Waals surface area contributed by atoms with Gasteiger partial charge in [0.2, 0.25) is 5.91 Å². The van der Waals surface area contributed by atoms with Gasteiger partial charge < -0.3 is 15.5 Å². The molecule has 19 heavy (non-hydrogen) atoms. The molecule has 1 fully saturated rings. The van der Waals surface area contributed by atoms with Crippen molar-refractivity contribution in [2.75, 3.05) is 30.8 Å². The fourth-order valence-electron chi connectivity index (χ4n) is 2.31. The zero-order chi connectivity index (χ0) is 13.8. The van der Waals surface area contributed by atoms with Crippen LogP contribution in [0.25, 0.3) is 0 Å². The number of nitrogens with one attached hydrogen (secondary N) is 2. The molecule has 2 N–H and O–H groups in total. The number of likely N-dealkylation sites (tertiary alicyclic amines) is 1. The van der Waals surface area contributed by atoms with E-state index in [0.29, 0.717) is 0 Å². The lowest BCUT2D eigenvalue weighted by molar-refractivity contribution is -0.127. The van der Waals surface area contributed by atoms with Crippen molar-refractivity contribution in [3.63, 3.8) is 0 Å². The molecular weight excluding hydrogens is 242 g/mol. The van der Waals surface area contributed by atoms with E-state index in [4.69, 9.17) is 0 Å². The molecule has 1 aliphatic rings. The average molecular weight is 263 g/mol. The molecule has 2 heterocycles. The summed E-state index contributed by atoms with van der Waals surface area (Å²) in [5.41, 5.74) is 1.03. The van der Waals surface area contributed by atoms with Crippen LogP contribution in [-0.2, 0) is 11.2 Å². The Hall–Kier alpha value is -1.85. The number of carbonyl (C=O) groups is 1. The first-order chi connectivity index (χ1) is 9.17. The second-order valence-electron chi connectivity index (χ2n) is 4.68. The van der Waals surface area contributed by atoms with Gasteiger partial charge in [-0.2, -0.15) is 0 Å². The molecule has 104 valence electrons. The predicted molar refractivity (Wildman–Crippen MR) is 75.2 cm³/mol. The first-order valence-electron chi connectivity index (χ1n) is 6.76. The SMILES string of the molecule is CCNc1ncnc(NC2CCN(C)C2=O)c1CC. The van der Waals surface area contributed by atoms with Gasteiger partial charge in [0, 0.05) is 25.7 Å². The molecule has 1 unspecified atom stereocenters. The number of amides is 1. The quantitative estimate of drug-likeness (QED) is 0.833. The van der Waals surface area contributed by atoms with E-state index in [-0.39, 0.29) is 11.9 Å². The summed E-state index contributed by atoms with van der Waals surface area (Å²) in [7, 11) is 1.83. The Kier molecular flexibility index (Phi) is 4.19. The molecule has 1 aromatic rings. The van der Waals surface area contributed by atoms with Gasteiger partial charge in [0.15, 0.2) is 0 Å². The van der Waals surface area contributed by atoms with Crippen LogP contribution in [0.4, 0.5) is 11.6 Å². The topological polar surface area (TPSA) is 70.2 Å². The van der Waals surface area contributed by atoms with E-state index >= 15 is 0 Å². The van der Waals surface area contributed by atoms with Crippen molar-refractivity contribution in [1.82, 2.24) is 14.9 Å². The summed E-state index contributed by atoms with van der Waals surface area (Å²) in [5.74, 6) is 1.74. The largest absolute Gasteiger partial charge is 0.370 e. The highest BCUT2D eigenvalue weighted by atomic mass is 16.2. The van der Waals surface area contributed by atoms with Crippen molar-refractivity contribution in [2.24, 2.45) is 0 Å². The summed E-state index contributed by atoms with van der Waals surface area (Å²) in [6.07, 6.45) is 3.17. The van der Waals surface area contributed by atoms with Crippen molar-refractivity contribution in [3.8, 4) is 0 Å². The molecule has 1 aromatic heterocycles. The molecule has 0 saturated carbocycles. The maximum atomic E-state index is 11.9. The van der Waals surface area contributed by atoms with Gasteiger partial charge in [-0.05, 0) is 19.8 Å². The maximum absolute atomic E-state index is 11.9. The van der Waals surface area contributed by atoms with Gasteiger partial charge in [0.25, 0.3) is 0 Å². The number of likely N-dealkylation sites (N-methyl/N-ethyl adjacent to an activating group) is 1. The van der Waals surface area contributed by atoms with E-state index in [0.717, 1.165) is 43.1 Å². The number of carbonyl (C=O) groups excluding carboxylic acids is 1. The smallest absolute Gasteiger partial charge is 0.244 e. The normalized spacial score (nSPS) is 18.8. The lowest BCUT2D eigenvalue weighted by Gasteiger charge is -2.17. The third-order valence-electron chi connectivity index (χ3n) is 3.38. The minimum absolute atomic E-state index is 0.130.